The number of phenolic OH excluding ortho intramolecular Hbond substituents is 1. The maximum Gasteiger partial charge on any atom is 0.180 e. The van der Waals surface area contributed by atoms with Gasteiger partial charge in [-0.1, -0.05) is 11.3 Å². The maximum absolute atomic E-state index is 9.49. The number of hydrogen-bond acceptors (Lipinski definition) is 5. The third kappa shape index (κ3) is 1.81. The number of anilines is 1. The van der Waals surface area contributed by atoms with Crippen LogP contribution in [-0.2, 0) is 0 Å². The van der Waals surface area contributed by atoms with Crippen LogP contribution in [0.2, 0.25) is 0 Å². The molecule has 0 saturated carbocycles. The van der Waals surface area contributed by atoms with Crippen molar-refractivity contribution in [2.45, 2.75) is 6.92 Å². The van der Waals surface area contributed by atoms with Crippen molar-refractivity contribution in [3.8, 4) is 21.9 Å². The van der Waals surface area contributed by atoms with Crippen LogP contribution in [0, 0.1) is 6.92 Å². The normalized spacial score (nSPS) is 10.4. The van der Waals surface area contributed by atoms with E-state index in [4.69, 9.17) is 10.5 Å². The molecule has 0 amide bonds. The molecule has 1 aromatic carbocycles. The summed E-state index contributed by atoms with van der Waals surface area (Å²) in [4.78, 5) is 5.15. The van der Waals surface area contributed by atoms with Crippen LogP contribution in [0.5, 0.6) is 11.5 Å². The molecule has 84 valence electrons. The highest BCUT2D eigenvalue weighted by molar-refractivity contribution is 7.18. The van der Waals surface area contributed by atoms with Crippen molar-refractivity contribution in [2.75, 3.05) is 12.8 Å². The van der Waals surface area contributed by atoms with Gasteiger partial charge in [-0.2, -0.15) is 0 Å². The molecule has 0 aliphatic heterocycles. The van der Waals surface area contributed by atoms with Crippen molar-refractivity contribution >= 4 is 16.5 Å². The number of nitrogen functional groups attached to an aromatic ring is 1. The number of phenols is 1. The zero-order chi connectivity index (χ0) is 11.7. The number of nitrogens with zero attached hydrogens (tertiary/aromatic N) is 1. The van der Waals surface area contributed by atoms with E-state index in [-0.39, 0.29) is 5.75 Å². The van der Waals surface area contributed by atoms with Crippen molar-refractivity contribution in [2.24, 2.45) is 0 Å². The quantitative estimate of drug-likeness (QED) is 0.840. The monoisotopic (exact) mass is 236 g/mol. The van der Waals surface area contributed by atoms with Gasteiger partial charge in [-0.05, 0) is 30.7 Å². The lowest BCUT2D eigenvalue weighted by atomic mass is 10.1. The van der Waals surface area contributed by atoms with Gasteiger partial charge in [0.2, 0.25) is 0 Å². The van der Waals surface area contributed by atoms with Gasteiger partial charge in [-0.25, -0.2) is 4.98 Å². The van der Waals surface area contributed by atoms with Crippen LogP contribution in [0.25, 0.3) is 10.4 Å². The highest BCUT2D eigenvalue weighted by Gasteiger charge is 2.10. The molecule has 1 heterocycles. The van der Waals surface area contributed by atoms with E-state index in [2.05, 4.69) is 4.98 Å². The average Bonchev–Trinajstić information content (AvgIpc) is 2.59. The highest BCUT2D eigenvalue weighted by atomic mass is 32.1. The lowest BCUT2D eigenvalue weighted by Gasteiger charge is -2.05. The minimum absolute atomic E-state index is 0.126. The Morgan fingerprint density at radius 3 is 2.75 bits per heavy atom. The fourth-order valence-corrected chi connectivity index (χ4v) is 2.33. The average molecular weight is 236 g/mol. The summed E-state index contributed by atoms with van der Waals surface area (Å²) in [5, 5.41) is 10.0. The lowest BCUT2D eigenvalue weighted by molar-refractivity contribution is 0.373. The molecular weight excluding hydrogens is 224 g/mol. The van der Waals surface area contributed by atoms with Gasteiger partial charge in [-0.15, -0.1) is 0 Å². The number of aromatic hydroxyl groups is 1. The SMILES string of the molecule is COc1cc(-c2sc(N)nc2C)ccc1O. The topological polar surface area (TPSA) is 68.4 Å². The van der Waals surface area contributed by atoms with Crippen LogP contribution in [0.1, 0.15) is 5.69 Å². The van der Waals surface area contributed by atoms with Gasteiger partial charge >= 0.3 is 0 Å². The van der Waals surface area contributed by atoms with Gasteiger partial charge in [0, 0.05) is 0 Å². The zero-order valence-electron chi connectivity index (χ0n) is 9.02. The summed E-state index contributed by atoms with van der Waals surface area (Å²) in [7, 11) is 1.52. The summed E-state index contributed by atoms with van der Waals surface area (Å²) in [6.07, 6.45) is 0. The molecule has 0 aliphatic rings. The molecule has 0 spiro atoms. The Morgan fingerprint density at radius 1 is 1.44 bits per heavy atom. The number of aryl methyl sites for hydroxylation is 1. The summed E-state index contributed by atoms with van der Waals surface area (Å²) in [5.41, 5.74) is 7.47. The molecule has 16 heavy (non-hydrogen) atoms. The summed E-state index contributed by atoms with van der Waals surface area (Å²) in [5.74, 6) is 0.574. The van der Waals surface area contributed by atoms with Crippen molar-refractivity contribution in [3.05, 3.63) is 23.9 Å². The Labute approximate surface area is 97.3 Å². The molecule has 0 bridgehead atoms. The number of aromatic nitrogens is 1. The number of nitrogens with two attached hydrogens (primary N) is 1. The minimum atomic E-state index is 0.126. The molecule has 5 heteroatoms. The standard InChI is InChI=1S/C11H12N2O2S/c1-6-10(16-11(12)13-6)7-3-4-8(14)9(5-7)15-2/h3-5,14H,1-2H3,(H2,12,13). The van der Waals surface area contributed by atoms with Crippen molar-refractivity contribution in [3.63, 3.8) is 0 Å². The number of hydrogen-bond donors (Lipinski definition) is 2. The second-order valence-electron chi connectivity index (χ2n) is 3.35. The van der Waals surface area contributed by atoms with E-state index in [1.54, 1.807) is 12.1 Å². The molecule has 0 aliphatic carbocycles. The number of methoxy groups -OCH3 is 1. The third-order valence-corrected chi connectivity index (χ3v) is 3.29. The smallest absolute Gasteiger partial charge is 0.180 e. The molecule has 3 N–H and O–H groups in total. The number of benzene rings is 1. The van der Waals surface area contributed by atoms with Crippen LogP contribution in [0.3, 0.4) is 0 Å². The Morgan fingerprint density at radius 2 is 2.19 bits per heavy atom. The van der Waals surface area contributed by atoms with Gasteiger partial charge in [0.05, 0.1) is 17.7 Å². The van der Waals surface area contributed by atoms with E-state index in [0.717, 1.165) is 16.1 Å². The molecule has 2 aromatic rings. The largest absolute Gasteiger partial charge is 0.504 e. The van der Waals surface area contributed by atoms with Crippen molar-refractivity contribution < 1.29 is 9.84 Å². The van der Waals surface area contributed by atoms with Crippen molar-refractivity contribution in [1.82, 2.24) is 4.98 Å². The van der Waals surface area contributed by atoms with E-state index in [0.29, 0.717) is 10.9 Å². The second kappa shape index (κ2) is 4.02. The van der Waals surface area contributed by atoms with E-state index in [1.165, 1.54) is 18.4 Å². The van der Waals surface area contributed by atoms with Gasteiger partial charge in [0.1, 0.15) is 0 Å². The molecular formula is C11H12N2O2S. The molecule has 0 unspecified atom stereocenters. The summed E-state index contributed by atoms with van der Waals surface area (Å²) in [6, 6.07) is 5.19. The van der Waals surface area contributed by atoms with Crippen LogP contribution in [0.15, 0.2) is 18.2 Å². The first kappa shape index (κ1) is 10.8. The van der Waals surface area contributed by atoms with E-state index in [1.807, 2.05) is 13.0 Å². The van der Waals surface area contributed by atoms with E-state index < -0.39 is 0 Å². The first-order valence-corrected chi connectivity index (χ1v) is 5.53. The molecule has 4 nitrogen and oxygen atoms in total. The first-order chi connectivity index (χ1) is 7.61. The molecule has 0 radical (unpaired) electrons. The maximum atomic E-state index is 9.49. The van der Waals surface area contributed by atoms with E-state index in [9.17, 15) is 5.11 Å². The van der Waals surface area contributed by atoms with Gasteiger partial charge in [0.15, 0.2) is 16.6 Å². The molecule has 0 saturated heterocycles. The predicted octanol–water partition coefficient (Wildman–Crippen LogP) is 2.41. The highest BCUT2D eigenvalue weighted by Crippen LogP contribution is 2.36. The Balaban J connectivity index is 2.52. The Bertz CT molecular complexity index is 523. The van der Waals surface area contributed by atoms with Crippen molar-refractivity contribution in [1.29, 1.82) is 0 Å². The lowest BCUT2D eigenvalue weighted by Crippen LogP contribution is -1.85. The first-order valence-electron chi connectivity index (χ1n) is 4.72. The molecule has 0 atom stereocenters. The van der Waals surface area contributed by atoms with Crippen LogP contribution >= 0.6 is 11.3 Å². The van der Waals surface area contributed by atoms with Gasteiger partial charge in [0.25, 0.3) is 0 Å². The van der Waals surface area contributed by atoms with Crippen LogP contribution < -0.4 is 10.5 Å². The molecule has 2 rings (SSSR count). The number of ether oxygens (including phenoxy) is 1. The Kier molecular flexibility index (Phi) is 2.70. The minimum Gasteiger partial charge on any atom is -0.504 e. The predicted molar refractivity (Wildman–Crippen MR) is 64.9 cm³/mol. The molecule has 0 fully saturated rings. The summed E-state index contributed by atoms with van der Waals surface area (Å²) >= 11 is 1.42. The van der Waals surface area contributed by atoms with E-state index >= 15 is 0 Å². The van der Waals surface area contributed by atoms with Crippen LogP contribution in [-0.4, -0.2) is 17.2 Å². The second-order valence-corrected chi connectivity index (χ2v) is 4.38. The van der Waals surface area contributed by atoms with Gasteiger partial charge < -0.3 is 15.6 Å². The zero-order valence-corrected chi connectivity index (χ0v) is 9.84. The third-order valence-electron chi connectivity index (χ3n) is 2.26. The van der Waals surface area contributed by atoms with Gasteiger partial charge in [-0.3, -0.25) is 0 Å². The summed E-state index contributed by atoms with van der Waals surface area (Å²) in [6.45, 7) is 1.90. The summed E-state index contributed by atoms with van der Waals surface area (Å²) < 4.78 is 5.06. The number of thiazole rings is 1. The Hall–Kier alpha value is -1.75. The molecule has 1 aromatic heterocycles. The number of rotatable bonds is 2. The van der Waals surface area contributed by atoms with Crippen LogP contribution in [0.4, 0.5) is 5.13 Å². The fourth-order valence-electron chi connectivity index (χ4n) is 1.50. The fraction of sp³-hybridized carbons (Fsp3) is 0.182.